The minimum absolute atomic E-state index is 0.344. The molecule has 0 radical (unpaired) electrons. The number of hydrogen-bond acceptors (Lipinski definition) is 1. The van der Waals surface area contributed by atoms with Gasteiger partial charge in [0.25, 0.3) is 0 Å². The van der Waals surface area contributed by atoms with Crippen LogP contribution in [0, 0.1) is 5.41 Å². The first-order valence-electron chi connectivity index (χ1n) is 6.74. The lowest BCUT2D eigenvalue weighted by Gasteiger charge is -2.23. The Kier molecular flexibility index (Phi) is 5.20. The summed E-state index contributed by atoms with van der Waals surface area (Å²) in [6.45, 7) is 12.3. The molecule has 1 unspecified atom stereocenters. The monoisotopic (exact) mass is 233 g/mol. The fourth-order valence-corrected chi connectivity index (χ4v) is 1.84. The smallest absolute Gasteiger partial charge is 0.0292 e. The van der Waals surface area contributed by atoms with Crippen LogP contribution in [-0.2, 0) is 6.42 Å². The maximum absolute atomic E-state index is 3.59. The van der Waals surface area contributed by atoms with Crippen LogP contribution >= 0.6 is 0 Å². The molecule has 0 bridgehead atoms. The molecule has 1 aromatic rings. The van der Waals surface area contributed by atoms with E-state index in [-0.39, 0.29) is 0 Å². The second-order valence-electron chi connectivity index (χ2n) is 6.15. The van der Waals surface area contributed by atoms with Crippen LogP contribution in [0.4, 0.5) is 0 Å². The van der Waals surface area contributed by atoms with Crippen LogP contribution in [0.3, 0.4) is 0 Å². The lowest BCUT2D eigenvalue weighted by Crippen LogP contribution is -2.29. The summed E-state index contributed by atoms with van der Waals surface area (Å²) >= 11 is 0. The van der Waals surface area contributed by atoms with E-state index in [9.17, 15) is 0 Å². The van der Waals surface area contributed by atoms with E-state index in [0.29, 0.717) is 11.5 Å². The van der Waals surface area contributed by atoms with E-state index >= 15 is 0 Å². The molecule has 0 amide bonds. The normalized spacial score (nSPS) is 13.7. The predicted octanol–water partition coefficient (Wildman–Crippen LogP) is 4.34. The summed E-state index contributed by atoms with van der Waals surface area (Å²) < 4.78 is 0. The summed E-state index contributed by atoms with van der Waals surface area (Å²) in [4.78, 5) is 0. The molecule has 0 spiro atoms. The highest BCUT2D eigenvalue weighted by Crippen LogP contribution is 2.17. The Balaban J connectivity index is 2.54. The van der Waals surface area contributed by atoms with Crippen molar-refractivity contribution in [1.82, 2.24) is 5.32 Å². The maximum atomic E-state index is 3.59. The Hall–Kier alpha value is -0.820. The first kappa shape index (κ1) is 14.2. The third-order valence-corrected chi connectivity index (χ3v) is 2.96. The lowest BCUT2D eigenvalue weighted by molar-refractivity contribution is 0.359. The summed E-state index contributed by atoms with van der Waals surface area (Å²) in [5.74, 6) is 0. The fraction of sp³-hybridized carbons (Fsp3) is 0.625. The first-order chi connectivity index (χ1) is 7.92. The van der Waals surface area contributed by atoms with Gasteiger partial charge in [0.2, 0.25) is 0 Å². The summed E-state index contributed by atoms with van der Waals surface area (Å²) in [6.07, 6.45) is 2.40. The van der Waals surface area contributed by atoms with E-state index in [1.54, 1.807) is 0 Å². The molecule has 1 heteroatoms. The number of nitrogens with one attached hydrogen (secondary N) is 1. The molecule has 0 fully saturated rings. The highest BCUT2D eigenvalue weighted by atomic mass is 14.9. The standard InChI is InChI=1S/C16H27N/c1-6-7-14-8-10-15(11-9-14)13(2)17-12-16(3,4)5/h8-11,13,17H,6-7,12H2,1-5H3. The SMILES string of the molecule is CCCc1ccc(C(C)NCC(C)(C)C)cc1. The molecule has 0 aromatic heterocycles. The molecule has 0 aliphatic heterocycles. The molecule has 0 saturated carbocycles. The van der Waals surface area contributed by atoms with Gasteiger partial charge in [-0.2, -0.15) is 0 Å². The molecule has 1 aromatic carbocycles. The number of hydrogen-bond donors (Lipinski definition) is 1. The van der Waals surface area contributed by atoms with Crippen molar-refractivity contribution in [3.63, 3.8) is 0 Å². The van der Waals surface area contributed by atoms with Gasteiger partial charge in [-0.1, -0.05) is 58.4 Å². The zero-order valence-electron chi connectivity index (χ0n) is 12.0. The summed E-state index contributed by atoms with van der Waals surface area (Å²) in [6, 6.07) is 9.46. The average Bonchev–Trinajstić information content (AvgIpc) is 2.26. The van der Waals surface area contributed by atoms with E-state index in [2.05, 4.69) is 64.2 Å². The Morgan fingerprint density at radius 2 is 1.71 bits per heavy atom. The minimum Gasteiger partial charge on any atom is -0.310 e. The molecule has 1 N–H and O–H groups in total. The van der Waals surface area contributed by atoms with Gasteiger partial charge < -0.3 is 5.32 Å². The molecule has 0 saturated heterocycles. The number of benzene rings is 1. The van der Waals surface area contributed by atoms with Crippen LogP contribution in [0.2, 0.25) is 0 Å². The quantitative estimate of drug-likeness (QED) is 0.798. The highest BCUT2D eigenvalue weighted by Gasteiger charge is 2.12. The van der Waals surface area contributed by atoms with Gasteiger partial charge in [-0.05, 0) is 29.9 Å². The molecular formula is C16H27N. The highest BCUT2D eigenvalue weighted by molar-refractivity contribution is 5.24. The average molecular weight is 233 g/mol. The molecule has 1 rings (SSSR count). The van der Waals surface area contributed by atoms with Crippen molar-refractivity contribution < 1.29 is 0 Å². The van der Waals surface area contributed by atoms with Gasteiger partial charge in [0, 0.05) is 12.6 Å². The van der Waals surface area contributed by atoms with Crippen LogP contribution in [0.1, 0.15) is 58.2 Å². The van der Waals surface area contributed by atoms with E-state index in [1.165, 1.54) is 24.0 Å². The second kappa shape index (κ2) is 6.20. The van der Waals surface area contributed by atoms with Gasteiger partial charge in [-0.15, -0.1) is 0 Å². The molecule has 96 valence electrons. The van der Waals surface area contributed by atoms with Gasteiger partial charge in [0.15, 0.2) is 0 Å². The van der Waals surface area contributed by atoms with Gasteiger partial charge in [-0.3, -0.25) is 0 Å². The van der Waals surface area contributed by atoms with Crippen molar-refractivity contribution in [3.8, 4) is 0 Å². The lowest BCUT2D eigenvalue weighted by atomic mass is 9.96. The van der Waals surface area contributed by atoms with Crippen LogP contribution in [0.25, 0.3) is 0 Å². The van der Waals surface area contributed by atoms with Crippen molar-refractivity contribution in [1.29, 1.82) is 0 Å². The largest absolute Gasteiger partial charge is 0.310 e. The maximum Gasteiger partial charge on any atom is 0.0292 e. The van der Waals surface area contributed by atoms with Crippen LogP contribution in [0.15, 0.2) is 24.3 Å². The van der Waals surface area contributed by atoms with Crippen LogP contribution < -0.4 is 5.32 Å². The molecule has 0 heterocycles. The Labute approximate surface area is 107 Å². The molecule has 17 heavy (non-hydrogen) atoms. The summed E-state index contributed by atoms with van der Waals surface area (Å²) in [5, 5.41) is 3.59. The van der Waals surface area contributed by atoms with Gasteiger partial charge in [0.05, 0.1) is 0 Å². The molecular weight excluding hydrogens is 206 g/mol. The third-order valence-electron chi connectivity index (χ3n) is 2.96. The molecule has 0 aliphatic carbocycles. The van der Waals surface area contributed by atoms with Crippen molar-refractivity contribution in [2.45, 2.75) is 53.5 Å². The van der Waals surface area contributed by atoms with E-state index in [1.807, 2.05) is 0 Å². The molecule has 1 atom stereocenters. The predicted molar refractivity (Wildman–Crippen MR) is 76.3 cm³/mol. The molecule has 1 nitrogen and oxygen atoms in total. The van der Waals surface area contributed by atoms with Crippen molar-refractivity contribution in [3.05, 3.63) is 35.4 Å². The Bertz CT molecular complexity index is 318. The first-order valence-corrected chi connectivity index (χ1v) is 6.74. The number of rotatable bonds is 5. The van der Waals surface area contributed by atoms with Crippen molar-refractivity contribution >= 4 is 0 Å². The Morgan fingerprint density at radius 1 is 1.12 bits per heavy atom. The molecule has 0 aliphatic rings. The zero-order valence-corrected chi connectivity index (χ0v) is 12.0. The minimum atomic E-state index is 0.344. The third kappa shape index (κ3) is 5.36. The van der Waals surface area contributed by atoms with E-state index in [0.717, 1.165) is 6.54 Å². The van der Waals surface area contributed by atoms with Crippen LogP contribution in [-0.4, -0.2) is 6.54 Å². The fourth-order valence-electron chi connectivity index (χ4n) is 1.84. The zero-order chi connectivity index (χ0) is 12.9. The van der Waals surface area contributed by atoms with Gasteiger partial charge in [0.1, 0.15) is 0 Å². The topological polar surface area (TPSA) is 12.0 Å². The van der Waals surface area contributed by atoms with E-state index < -0.39 is 0 Å². The van der Waals surface area contributed by atoms with Crippen molar-refractivity contribution in [2.75, 3.05) is 6.54 Å². The van der Waals surface area contributed by atoms with Gasteiger partial charge >= 0.3 is 0 Å². The van der Waals surface area contributed by atoms with E-state index in [4.69, 9.17) is 0 Å². The number of aryl methyl sites for hydroxylation is 1. The van der Waals surface area contributed by atoms with Crippen molar-refractivity contribution in [2.24, 2.45) is 5.41 Å². The summed E-state index contributed by atoms with van der Waals surface area (Å²) in [7, 11) is 0. The van der Waals surface area contributed by atoms with Crippen LogP contribution in [0.5, 0.6) is 0 Å². The van der Waals surface area contributed by atoms with Gasteiger partial charge in [-0.25, -0.2) is 0 Å². The second-order valence-corrected chi connectivity index (χ2v) is 6.15. The summed E-state index contributed by atoms with van der Waals surface area (Å²) in [5.41, 5.74) is 3.17. The Morgan fingerprint density at radius 3 is 2.18 bits per heavy atom.